The quantitative estimate of drug-likeness (QED) is 0.0856. The zero-order chi connectivity index (χ0) is 19.7. The van der Waals surface area contributed by atoms with E-state index in [0.717, 1.165) is 0 Å². The van der Waals surface area contributed by atoms with Gasteiger partial charge >= 0.3 is 186 Å². The van der Waals surface area contributed by atoms with Crippen molar-refractivity contribution in [3.63, 3.8) is 0 Å². The van der Waals surface area contributed by atoms with Gasteiger partial charge in [-0.3, -0.25) is 0 Å². The third kappa shape index (κ3) is 11.3. The third-order valence-corrected chi connectivity index (χ3v) is 25.1. The molecule has 0 atom stereocenters. The first-order valence-corrected chi connectivity index (χ1v) is 20.6. The topological polar surface area (TPSA) is 0 Å². The molecule has 0 fully saturated rings. The van der Waals surface area contributed by atoms with Gasteiger partial charge in [-0.15, -0.1) is 0 Å². The minimum atomic E-state index is -2.20. The summed E-state index contributed by atoms with van der Waals surface area (Å²) >= 11 is 0.603. The van der Waals surface area contributed by atoms with Crippen molar-refractivity contribution in [1.29, 1.82) is 0 Å². The van der Waals surface area contributed by atoms with Crippen LogP contribution < -0.4 is 0 Å². The Labute approximate surface area is 184 Å². The van der Waals surface area contributed by atoms with Crippen LogP contribution in [0.4, 0.5) is 0 Å². The van der Waals surface area contributed by atoms with Gasteiger partial charge in [0.2, 0.25) is 0 Å². The van der Waals surface area contributed by atoms with Crippen LogP contribution in [0.1, 0.15) is 125 Å². The second-order valence-corrected chi connectivity index (χ2v) is 23.0. The van der Waals surface area contributed by atoms with Gasteiger partial charge in [-0.2, -0.15) is 0 Å². The Kier molecular flexibility index (Phi) is 19.2. The Morgan fingerprint density at radius 3 is 1.42 bits per heavy atom. The van der Waals surface area contributed by atoms with Crippen molar-refractivity contribution in [1.82, 2.24) is 0 Å². The number of hydrogen-bond donors (Lipinski definition) is 0. The van der Waals surface area contributed by atoms with E-state index in [9.17, 15) is 0 Å². The summed E-state index contributed by atoms with van der Waals surface area (Å²) in [7, 11) is 0. The first kappa shape index (κ1) is 27.3. The first-order valence-electron chi connectivity index (χ1n) is 12.0. The fourth-order valence-electron chi connectivity index (χ4n) is 4.27. The number of rotatable bonds is 18. The van der Waals surface area contributed by atoms with Gasteiger partial charge in [-0.05, 0) is 0 Å². The van der Waals surface area contributed by atoms with Crippen LogP contribution >= 0.6 is 22.6 Å². The maximum absolute atomic E-state index is 2.81. The van der Waals surface area contributed by atoms with Gasteiger partial charge in [-0.1, -0.05) is 0 Å². The summed E-state index contributed by atoms with van der Waals surface area (Å²) in [6.45, 7) is 11.9. The van der Waals surface area contributed by atoms with Crippen LogP contribution in [0.2, 0.25) is 13.3 Å². The monoisotopic (exact) mass is 584 g/mol. The second-order valence-electron chi connectivity index (χ2n) is 8.39. The van der Waals surface area contributed by atoms with Crippen LogP contribution in [-0.4, -0.2) is 18.4 Å². The molecule has 0 unspecified atom stereocenters. The molecule has 0 heterocycles. The van der Waals surface area contributed by atoms with E-state index in [1.165, 1.54) is 89.9 Å². The second kappa shape index (κ2) is 18.3. The van der Waals surface area contributed by atoms with E-state index in [1.54, 1.807) is 13.3 Å². The Morgan fingerprint density at radius 2 is 1.00 bits per heavy atom. The van der Waals surface area contributed by atoms with Gasteiger partial charge in [0, 0.05) is 0 Å². The van der Waals surface area contributed by atoms with Crippen molar-refractivity contribution in [3.8, 4) is 0 Å². The molecule has 0 spiro atoms. The first-order chi connectivity index (χ1) is 12.6. The summed E-state index contributed by atoms with van der Waals surface area (Å²) in [5.74, 6) is 0. The van der Waals surface area contributed by atoms with Crippen LogP contribution in [-0.2, 0) is 0 Å². The van der Waals surface area contributed by atoms with E-state index in [1.807, 2.05) is 3.58 Å². The fourth-order valence-corrected chi connectivity index (χ4v) is 26.3. The van der Waals surface area contributed by atoms with Crippen molar-refractivity contribution >= 4 is 41.0 Å². The zero-order valence-corrected chi connectivity index (χ0v) is 23.9. The normalized spacial score (nSPS) is 13.2. The number of hydrogen-bond acceptors (Lipinski definition) is 0. The van der Waals surface area contributed by atoms with Gasteiger partial charge in [-0.25, -0.2) is 0 Å². The molecule has 0 N–H and O–H groups in total. The molecule has 0 saturated heterocycles. The molecule has 0 rings (SSSR count). The molecule has 0 aromatic rings. The molecule has 0 radical (unpaired) electrons. The Hall–Kier alpha value is 1.27. The summed E-state index contributed by atoms with van der Waals surface area (Å²) in [5, 5.41) is 0. The van der Waals surface area contributed by atoms with Crippen molar-refractivity contribution < 1.29 is 0 Å². The molecule has 26 heavy (non-hydrogen) atoms. The Bertz CT molecular complexity index is 326. The summed E-state index contributed by atoms with van der Waals surface area (Å²) < 4.78 is 8.88. The van der Waals surface area contributed by atoms with Gasteiger partial charge in [0.15, 0.2) is 0 Å². The van der Waals surface area contributed by atoms with E-state index >= 15 is 0 Å². The molecule has 0 aromatic carbocycles. The molecule has 0 aromatic heterocycles. The predicted molar refractivity (Wildman–Crippen MR) is 134 cm³/mol. The average Bonchev–Trinajstić information content (AvgIpc) is 2.66. The van der Waals surface area contributed by atoms with Crippen LogP contribution in [0.5, 0.6) is 0 Å². The molecule has 0 aliphatic heterocycles. The SMILES string of the molecule is CCCCCC/C(I)=[C](\CCCC)[Sn]([CH2]CCC)([CH2]CCC)[CH2]CCC. The standard InChI is InChI=1S/C12H22I.3C4H9.Sn/c1-3-5-7-9-11-12(13)10-8-6-4-2;3*1-3-4-2;/h3-9,11H2,1-2H3;3*1,3-4H2,2H3;. The number of allylic oxidation sites excluding steroid dienone is 2. The summed E-state index contributed by atoms with van der Waals surface area (Å²) in [6, 6.07) is 0. The molecule has 2 heteroatoms. The van der Waals surface area contributed by atoms with Crippen molar-refractivity contribution in [3.05, 3.63) is 7.17 Å². The van der Waals surface area contributed by atoms with Crippen LogP contribution in [0, 0.1) is 0 Å². The van der Waals surface area contributed by atoms with E-state index in [-0.39, 0.29) is 0 Å². The van der Waals surface area contributed by atoms with Gasteiger partial charge in [0.25, 0.3) is 0 Å². The Balaban J connectivity index is 5.60. The van der Waals surface area contributed by atoms with Crippen LogP contribution in [0.25, 0.3) is 0 Å². The molecule has 0 aliphatic carbocycles. The summed E-state index contributed by atoms with van der Waals surface area (Å²) in [6.07, 6.45) is 20.0. The average molecular weight is 583 g/mol. The van der Waals surface area contributed by atoms with Crippen LogP contribution in [0.3, 0.4) is 0 Å². The predicted octanol–water partition coefficient (Wildman–Crippen LogP) is 10.2. The molecule has 156 valence electrons. The summed E-state index contributed by atoms with van der Waals surface area (Å²) in [4.78, 5) is 0. The molecular weight excluding hydrogens is 534 g/mol. The van der Waals surface area contributed by atoms with E-state index in [2.05, 4.69) is 60.8 Å². The van der Waals surface area contributed by atoms with Crippen molar-refractivity contribution in [2.24, 2.45) is 0 Å². The molecule has 0 nitrogen and oxygen atoms in total. The molecule has 0 saturated carbocycles. The molecular formula is C24H49ISn. The van der Waals surface area contributed by atoms with Crippen molar-refractivity contribution in [2.45, 2.75) is 138 Å². The number of halogens is 1. The Morgan fingerprint density at radius 1 is 0.538 bits per heavy atom. The van der Waals surface area contributed by atoms with Crippen molar-refractivity contribution in [2.75, 3.05) is 0 Å². The molecule has 0 amide bonds. The molecule has 0 aliphatic rings. The third-order valence-electron chi connectivity index (χ3n) is 6.02. The van der Waals surface area contributed by atoms with Gasteiger partial charge in [0.05, 0.1) is 0 Å². The fraction of sp³-hybridized carbons (Fsp3) is 0.917. The zero-order valence-electron chi connectivity index (χ0n) is 18.9. The van der Waals surface area contributed by atoms with Crippen LogP contribution in [0.15, 0.2) is 7.17 Å². The maximum atomic E-state index is 2.81. The van der Waals surface area contributed by atoms with E-state index in [0.29, 0.717) is 0 Å². The van der Waals surface area contributed by atoms with Gasteiger partial charge in [0.1, 0.15) is 0 Å². The number of unbranched alkanes of at least 4 members (excludes halogenated alkanes) is 7. The summed E-state index contributed by atoms with van der Waals surface area (Å²) in [5.41, 5.74) is 0. The van der Waals surface area contributed by atoms with E-state index in [4.69, 9.17) is 0 Å². The van der Waals surface area contributed by atoms with E-state index < -0.39 is 18.4 Å². The minimum absolute atomic E-state index is 1.36. The van der Waals surface area contributed by atoms with Gasteiger partial charge < -0.3 is 0 Å². The molecule has 0 bridgehead atoms.